The number of rotatable bonds is 9. The standard InChI is InChI=1S/C41H37N7O5/c49-32-18-16-28(17-19-32)21-37-40(51)45(24-31-13-7-15-35-34(31)14-8-20-42-35)26-38-47(37)39(50)27-46(48(38)41(52)43-23-29-9-3-1-4-10-29)25-33-22-36(44-53-33)30-11-5-2-6-12-30/h1-20,22,37-38,49H,21,23-27H2,(H,43,52). The Morgan fingerprint density at radius 1 is 0.849 bits per heavy atom. The van der Waals surface area contributed by atoms with E-state index in [9.17, 15) is 19.5 Å². The van der Waals surface area contributed by atoms with Crippen LogP contribution in [0.5, 0.6) is 5.75 Å². The van der Waals surface area contributed by atoms with E-state index >= 15 is 0 Å². The molecule has 4 amide bonds. The Labute approximate surface area is 305 Å². The van der Waals surface area contributed by atoms with Crippen LogP contribution < -0.4 is 5.32 Å². The van der Waals surface area contributed by atoms with Crippen LogP contribution in [-0.2, 0) is 35.6 Å². The van der Waals surface area contributed by atoms with Crippen LogP contribution in [0.3, 0.4) is 0 Å². The van der Waals surface area contributed by atoms with Gasteiger partial charge in [0.05, 0.1) is 25.2 Å². The number of urea groups is 1. The number of carbonyl (C=O) groups excluding carboxylic acids is 3. The van der Waals surface area contributed by atoms with Gasteiger partial charge in [-0.2, -0.15) is 5.01 Å². The van der Waals surface area contributed by atoms with Gasteiger partial charge in [0.15, 0.2) is 5.76 Å². The minimum absolute atomic E-state index is 0.0637. The highest BCUT2D eigenvalue weighted by molar-refractivity contribution is 5.92. The van der Waals surface area contributed by atoms with Crippen molar-refractivity contribution in [2.24, 2.45) is 0 Å². The first-order valence-corrected chi connectivity index (χ1v) is 17.5. The van der Waals surface area contributed by atoms with Gasteiger partial charge in [-0.3, -0.25) is 14.6 Å². The van der Waals surface area contributed by atoms with E-state index in [-0.39, 0.29) is 56.7 Å². The summed E-state index contributed by atoms with van der Waals surface area (Å²) in [4.78, 5) is 51.1. The Morgan fingerprint density at radius 3 is 2.42 bits per heavy atom. The van der Waals surface area contributed by atoms with Gasteiger partial charge in [-0.25, -0.2) is 9.80 Å². The molecule has 2 aliphatic rings. The summed E-state index contributed by atoms with van der Waals surface area (Å²) in [5.74, 6) is 0.0422. The van der Waals surface area contributed by atoms with E-state index in [2.05, 4.69) is 15.5 Å². The van der Waals surface area contributed by atoms with Gasteiger partial charge in [-0.05, 0) is 41.0 Å². The number of benzene rings is 4. The zero-order chi connectivity index (χ0) is 36.3. The van der Waals surface area contributed by atoms with Gasteiger partial charge in [0, 0.05) is 42.7 Å². The summed E-state index contributed by atoms with van der Waals surface area (Å²) < 4.78 is 5.75. The Balaban J connectivity index is 1.16. The molecule has 4 heterocycles. The highest BCUT2D eigenvalue weighted by atomic mass is 16.5. The third-order valence-electron chi connectivity index (χ3n) is 9.75. The van der Waals surface area contributed by atoms with Crippen molar-refractivity contribution in [1.29, 1.82) is 0 Å². The van der Waals surface area contributed by atoms with Gasteiger partial charge in [-0.1, -0.05) is 96.2 Å². The van der Waals surface area contributed by atoms with Crippen LogP contribution in [0.15, 0.2) is 132 Å². The monoisotopic (exact) mass is 707 g/mol. The molecule has 266 valence electrons. The lowest BCUT2D eigenvalue weighted by molar-refractivity contribution is -0.193. The molecular weight excluding hydrogens is 670 g/mol. The van der Waals surface area contributed by atoms with E-state index in [0.717, 1.165) is 33.2 Å². The van der Waals surface area contributed by atoms with Crippen LogP contribution in [0.2, 0.25) is 0 Å². The Bertz CT molecular complexity index is 2240. The predicted molar refractivity (Wildman–Crippen MR) is 196 cm³/mol. The fourth-order valence-corrected chi connectivity index (χ4v) is 7.21. The fourth-order valence-electron chi connectivity index (χ4n) is 7.21. The fraction of sp³-hybridized carbons (Fsp3) is 0.195. The number of carbonyl (C=O) groups is 3. The second-order valence-electron chi connectivity index (χ2n) is 13.2. The number of aromatic hydroxyl groups is 1. The number of phenolic OH excluding ortho intramolecular Hbond substituents is 1. The van der Waals surface area contributed by atoms with Crippen molar-refractivity contribution in [3.63, 3.8) is 0 Å². The van der Waals surface area contributed by atoms with Gasteiger partial charge in [0.1, 0.15) is 23.7 Å². The lowest BCUT2D eigenvalue weighted by Gasteiger charge is -2.55. The number of nitrogens with zero attached hydrogens (tertiary/aromatic N) is 6. The molecule has 6 aromatic rings. The van der Waals surface area contributed by atoms with Crippen molar-refractivity contribution in [3.8, 4) is 17.0 Å². The summed E-state index contributed by atoms with van der Waals surface area (Å²) in [5, 5.41) is 21.4. The lowest BCUT2D eigenvalue weighted by atomic mass is 9.98. The molecule has 0 bridgehead atoms. The average Bonchev–Trinajstić information content (AvgIpc) is 3.66. The first-order valence-electron chi connectivity index (χ1n) is 17.5. The van der Waals surface area contributed by atoms with Gasteiger partial charge in [0.25, 0.3) is 0 Å². The van der Waals surface area contributed by atoms with Crippen LogP contribution in [0, 0.1) is 0 Å². The molecule has 12 heteroatoms. The molecule has 0 spiro atoms. The van der Waals surface area contributed by atoms with Crippen molar-refractivity contribution < 1.29 is 24.0 Å². The molecule has 0 saturated carbocycles. The number of piperazine rings is 1. The largest absolute Gasteiger partial charge is 0.508 e. The first-order chi connectivity index (χ1) is 25.9. The number of hydrazine groups is 1. The van der Waals surface area contributed by atoms with Crippen molar-refractivity contribution >= 4 is 28.7 Å². The van der Waals surface area contributed by atoms with Gasteiger partial charge < -0.3 is 24.7 Å². The quantitative estimate of drug-likeness (QED) is 0.206. The summed E-state index contributed by atoms with van der Waals surface area (Å²) in [6, 6.07) is 35.9. The van der Waals surface area contributed by atoms with Crippen LogP contribution in [0.4, 0.5) is 4.79 Å². The molecule has 2 aromatic heterocycles. The molecule has 2 unspecified atom stereocenters. The third-order valence-corrected chi connectivity index (χ3v) is 9.75. The molecule has 0 radical (unpaired) electrons. The molecule has 2 fully saturated rings. The Morgan fingerprint density at radius 2 is 1.62 bits per heavy atom. The minimum Gasteiger partial charge on any atom is -0.508 e. The highest BCUT2D eigenvalue weighted by Gasteiger charge is 2.51. The third kappa shape index (κ3) is 7.04. The predicted octanol–water partition coefficient (Wildman–Crippen LogP) is 5.35. The SMILES string of the molecule is O=C1C(Cc2ccc(O)cc2)N2C(=O)CN(Cc3cc(-c4ccccc4)no3)N(C(=O)NCc3ccccc3)C2CN1Cc1cccc2ncccc12. The number of hydrogen-bond donors (Lipinski definition) is 2. The maximum atomic E-state index is 14.5. The molecule has 2 N–H and O–H groups in total. The zero-order valence-electron chi connectivity index (χ0n) is 28.8. The first kappa shape index (κ1) is 33.6. The summed E-state index contributed by atoms with van der Waals surface area (Å²) in [7, 11) is 0. The summed E-state index contributed by atoms with van der Waals surface area (Å²) >= 11 is 0. The maximum absolute atomic E-state index is 14.5. The molecular formula is C41H37N7O5. The number of amides is 4. The minimum atomic E-state index is -0.916. The molecule has 53 heavy (non-hydrogen) atoms. The summed E-state index contributed by atoms with van der Waals surface area (Å²) in [6.07, 6.45) is 1.07. The topological polar surface area (TPSA) is 135 Å². The van der Waals surface area contributed by atoms with Crippen LogP contribution in [0.25, 0.3) is 22.2 Å². The molecule has 12 nitrogen and oxygen atoms in total. The van der Waals surface area contributed by atoms with Crippen molar-refractivity contribution in [3.05, 3.63) is 150 Å². The van der Waals surface area contributed by atoms with E-state index in [1.54, 1.807) is 50.3 Å². The second-order valence-corrected chi connectivity index (χ2v) is 13.2. The van der Waals surface area contributed by atoms with E-state index in [0.29, 0.717) is 11.5 Å². The van der Waals surface area contributed by atoms with Crippen LogP contribution in [0.1, 0.15) is 22.5 Å². The summed E-state index contributed by atoms with van der Waals surface area (Å²) in [5.41, 5.74) is 4.90. The van der Waals surface area contributed by atoms with Crippen molar-refractivity contribution in [1.82, 2.24) is 35.3 Å². The Hall–Kier alpha value is -6.53. The van der Waals surface area contributed by atoms with E-state index in [4.69, 9.17) is 4.52 Å². The zero-order valence-corrected chi connectivity index (χ0v) is 28.8. The van der Waals surface area contributed by atoms with Gasteiger partial charge in [0.2, 0.25) is 11.8 Å². The molecule has 4 aromatic carbocycles. The highest BCUT2D eigenvalue weighted by Crippen LogP contribution is 2.32. The smallest absolute Gasteiger partial charge is 0.334 e. The van der Waals surface area contributed by atoms with Gasteiger partial charge >= 0.3 is 6.03 Å². The summed E-state index contributed by atoms with van der Waals surface area (Å²) in [6.45, 7) is 0.474. The number of hydrogen-bond acceptors (Lipinski definition) is 8. The number of pyridine rings is 1. The van der Waals surface area contributed by atoms with Crippen LogP contribution >= 0.6 is 0 Å². The van der Waals surface area contributed by atoms with E-state index < -0.39 is 18.2 Å². The number of phenols is 1. The normalized spacial score (nSPS) is 17.6. The van der Waals surface area contributed by atoms with Crippen molar-refractivity contribution in [2.45, 2.75) is 38.3 Å². The van der Waals surface area contributed by atoms with Crippen molar-refractivity contribution in [2.75, 3.05) is 13.1 Å². The molecule has 2 saturated heterocycles. The van der Waals surface area contributed by atoms with E-state index in [1.165, 1.54) is 0 Å². The molecule has 0 aliphatic carbocycles. The van der Waals surface area contributed by atoms with Crippen LogP contribution in [-0.4, -0.2) is 78.2 Å². The number of aromatic nitrogens is 2. The molecule has 8 rings (SSSR count). The Kier molecular flexibility index (Phi) is 9.26. The molecule has 2 atom stereocenters. The maximum Gasteiger partial charge on any atom is 0.334 e. The number of nitrogens with one attached hydrogen (secondary N) is 1. The lowest BCUT2D eigenvalue weighted by Crippen LogP contribution is -2.76. The number of fused-ring (bicyclic) bond motifs is 2. The van der Waals surface area contributed by atoms with Gasteiger partial charge in [-0.15, -0.1) is 0 Å². The molecule has 2 aliphatic heterocycles. The second kappa shape index (κ2) is 14.6. The van der Waals surface area contributed by atoms with E-state index in [1.807, 2.05) is 97.1 Å². The average molecular weight is 708 g/mol.